The number of aromatic nitrogens is 2. The first kappa shape index (κ1) is 18.2. The van der Waals surface area contributed by atoms with E-state index in [2.05, 4.69) is 0 Å². The van der Waals surface area contributed by atoms with Gasteiger partial charge in [0.25, 0.3) is 5.91 Å². The first-order chi connectivity index (χ1) is 13.4. The van der Waals surface area contributed by atoms with Crippen molar-refractivity contribution in [3.8, 4) is 11.3 Å². The van der Waals surface area contributed by atoms with E-state index in [-0.39, 0.29) is 17.7 Å². The maximum atomic E-state index is 13.5. The molecule has 0 bridgehead atoms. The minimum Gasteiger partial charge on any atom is -0.369 e. The standard InChI is InChI=1S/C22H24N4O2/c1-14-3-6-16(7-4-14)19-20(26-13-15(2)5-8-18(26)24-19)22(28)25-11-9-17(10-12-25)21(23)27/h3-8,13,17H,9-12H2,1-2H3,(H2,23,27). The Morgan fingerprint density at radius 3 is 2.29 bits per heavy atom. The molecule has 1 saturated heterocycles. The number of rotatable bonds is 3. The van der Waals surface area contributed by atoms with E-state index >= 15 is 0 Å². The first-order valence-electron chi connectivity index (χ1n) is 9.58. The fourth-order valence-corrected chi connectivity index (χ4v) is 3.78. The first-order valence-corrected chi connectivity index (χ1v) is 9.58. The average Bonchev–Trinajstić information content (AvgIpc) is 3.06. The third-order valence-corrected chi connectivity index (χ3v) is 5.48. The number of likely N-dealkylation sites (tertiary alicyclic amines) is 1. The molecule has 0 spiro atoms. The summed E-state index contributed by atoms with van der Waals surface area (Å²) in [6, 6.07) is 12.0. The van der Waals surface area contributed by atoms with Crippen molar-refractivity contribution < 1.29 is 9.59 Å². The maximum absolute atomic E-state index is 13.5. The highest BCUT2D eigenvalue weighted by atomic mass is 16.2. The molecule has 144 valence electrons. The van der Waals surface area contributed by atoms with Crippen LogP contribution in [0.15, 0.2) is 42.6 Å². The number of nitrogens with two attached hydrogens (primary N) is 1. The Bertz CT molecular complexity index is 1040. The van der Waals surface area contributed by atoms with Crippen LogP contribution in [-0.4, -0.2) is 39.2 Å². The summed E-state index contributed by atoms with van der Waals surface area (Å²) in [5.41, 5.74) is 10.6. The number of carbonyl (C=O) groups is 2. The lowest BCUT2D eigenvalue weighted by molar-refractivity contribution is -0.123. The minimum atomic E-state index is -0.280. The molecule has 1 aromatic carbocycles. The van der Waals surface area contributed by atoms with E-state index in [9.17, 15) is 9.59 Å². The lowest BCUT2D eigenvalue weighted by Crippen LogP contribution is -2.42. The third-order valence-electron chi connectivity index (χ3n) is 5.48. The van der Waals surface area contributed by atoms with Gasteiger partial charge in [-0.2, -0.15) is 0 Å². The zero-order chi connectivity index (χ0) is 19.8. The molecule has 1 fully saturated rings. The van der Waals surface area contributed by atoms with Crippen molar-refractivity contribution in [2.24, 2.45) is 11.7 Å². The number of fused-ring (bicyclic) bond motifs is 1. The summed E-state index contributed by atoms with van der Waals surface area (Å²) in [6.45, 7) is 5.08. The monoisotopic (exact) mass is 376 g/mol. The van der Waals surface area contributed by atoms with E-state index in [1.54, 1.807) is 0 Å². The summed E-state index contributed by atoms with van der Waals surface area (Å²) in [4.78, 5) is 31.5. The molecule has 6 nitrogen and oxygen atoms in total. The SMILES string of the molecule is Cc1ccc(-c2nc3ccc(C)cn3c2C(=O)N2CCC(C(N)=O)CC2)cc1. The predicted octanol–water partition coefficient (Wildman–Crippen LogP) is 2.96. The molecule has 2 aromatic heterocycles. The van der Waals surface area contributed by atoms with Gasteiger partial charge >= 0.3 is 0 Å². The molecule has 3 heterocycles. The van der Waals surface area contributed by atoms with E-state index in [0.717, 1.165) is 22.3 Å². The van der Waals surface area contributed by atoms with E-state index in [0.29, 0.717) is 37.3 Å². The van der Waals surface area contributed by atoms with Crippen LogP contribution in [0, 0.1) is 19.8 Å². The molecule has 0 aliphatic carbocycles. The summed E-state index contributed by atoms with van der Waals surface area (Å²) in [5, 5.41) is 0. The van der Waals surface area contributed by atoms with Crippen molar-refractivity contribution in [3.05, 3.63) is 59.4 Å². The quantitative estimate of drug-likeness (QED) is 0.763. The molecule has 2 amide bonds. The summed E-state index contributed by atoms with van der Waals surface area (Å²) in [6.07, 6.45) is 3.16. The van der Waals surface area contributed by atoms with Crippen molar-refractivity contribution in [3.63, 3.8) is 0 Å². The molecular formula is C22H24N4O2. The second-order valence-electron chi connectivity index (χ2n) is 7.58. The van der Waals surface area contributed by atoms with Crippen LogP contribution < -0.4 is 5.73 Å². The summed E-state index contributed by atoms with van der Waals surface area (Å²) in [7, 11) is 0. The van der Waals surface area contributed by atoms with Crippen LogP contribution in [0.3, 0.4) is 0 Å². The summed E-state index contributed by atoms with van der Waals surface area (Å²) >= 11 is 0. The normalized spacial score (nSPS) is 15.1. The molecule has 0 unspecified atom stereocenters. The zero-order valence-electron chi connectivity index (χ0n) is 16.2. The molecular weight excluding hydrogens is 352 g/mol. The molecule has 4 rings (SSSR count). The van der Waals surface area contributed by atoms with Crippen LogP contribution in [0.1, 0.15) is 34.5 Å². The minimum absolute atomic E-state index is 0.0587. The summed E-state index contributed by atoms with van der Waals surface area (Å²) in [5.74, 6) is -0.487. The Morgan fingerprint density at radius 1 is 1.00 bits per heavy atom. The molecule has 28 heavy (non-hydrogen) atoms. The Labute approximate surface area is 164 Å². The number of hydrogen-bond donors (Lipinski definition) is 1. The highest BCUT2D eigenvalue weighted by molar-refractivity contribution is 6.00. The van der Waals surface area contributed by atoms with Crippen molar-refractivity contribution in [1.29, 1.82) is 0 Å². The number of benzene rings is 1. The molecule has 2 N–H and O–H groups in total. The third kappa shape index (κ3) is 3.26. The number of piperidine rings is 1. The maximum Gasteiger partial charge on any atom is 0.273 e. The number of imidazole rings is 1. The van der Waals surface area contributed by atoms with Gasteiger partial charge in [-0.1, -0.05) is 35.9 Å². The van der Waals surface area contributed by atoms with Gasteiger partial charge in [0.1, 0.15) is 17.0 Å². The molecule has 1 aliphatic heterocycles. The van der Waals surface area contributed by atoms with Crippen LogP contribution in [0.2, 0.25) is 0 Å². The zero-order valence-corrected chi connectivity index (χ0v) is 16.2. The fourth-order valence-electron chi connectivity index (χ4n) is 3.78. The van der Waals surface area contributed by atoms with Gasteiger partial charge in [0.2, 0.25) is 5.91 Å². The fraction of sp³-hybridized carbons (Fsp3) is 0.318. The van der Waals surface area contributed by atoms with Gasteiger partial charge in [-0.15, -0.1) is 0 Å². The smallest absolute Gasteiger partial charge is 0.273 e. The number of hydrogen-bond acceptors (Lipinski definition) is 3. The largest absolute Gasteiger partial charge is 0.369 e. The molecule has 0 saturated carbocycles. The number of nitrogens with zero attached hydrogens (tertiary/aromatic N) is 3. The van der Waals surface area contributed by atoms with E-state index in [1.165, 1.54) is 0 Å². The number of carbonyl (C=O) groups excluding carboxylic acids is 2. The lowest BCUT2D eigenvalue weighted by atomic mass is 9.96. The van der Waals surface area contributed by atoms with Crippen molar-refractivity contribution >= 4 is 17.5 Å². The van der Waals surface area contributed by atoms with Crippen LogP contribution in [0.4, 0.5) is 0 Å². The number of aryl methyl sites for hydroxylation is 2. The highest BCUT2D eigenvalue weighted by Gasteiger charge is 2.30. The van der Waals surface area contributed by atoms with Crippen molar-refractivity contribution in [1.82, 2.24) is 14.3 Å². The summed E-state index contributed by atoms with van der Waals surface area (Å²) < 4.78 is 1.88. The number of primary amides is 1. The number of amides is 2. The van der Waals surface area contributed by atoms with Crippen LogP contribution in [0.5, 0.6) is 0 Å². The van der Waals surface area contributed by atoms with E-state index in [4.69, 9.17) is 10.7 Å². The molecule has 6 heteroatoms. The van der Waals surface area contributed by atoms with Crippen LogP contribution in [0.25, 0.3) is 16.9 Å². The molecule has 0 radical (unpaired) electrons. The molecule has 1 aliphatic rings. The Hall–Kier alpha value is -3.15. The number of pyridine rings is 1. The second-order valence-corrected chi connectivity index (χ2v) is 7.58. The van der Waals surface area contributed by atoms with Gasteiger partial charge in [0.05, 0.1) is 0 Å². The lowest BCUT2D eigenvalue weighted by Gasteiger charge is -2.30. The Balaban J connectivity index is 1.77. The molecule has 0 atom stereocenters. The Kier molecular flexibility index (Phi) is 4.63. The second kappa shape index (κ2) is 7.11. The van der Waals surface area contributed by atoms with Crippen molar-refractivity contribution in [2.75, 3.05) is 13.1 Å². The van der Waals surface area contributed by atoms with E-state index < -0.39 is 0 Å². The predicted molar refractivity (Wildman–Crippen MR) is 108 cm³/mol. The van der Waals surface area contributed by atoms with Gasteiger partial charge in [0.15, 0.2) is 0 Å². The van der Waals surface area contributed by atoms with Gasteiger partial charge in [-0.05, 0) is 38.3 Å². The molecule has 3 aromatic rings. The Morgan fingerprint density at radius 2 is 1.64 bits per heavy atom. The van der Waals surface area contributed by atoms with Crippen LogP contribution >= 0.6 is 0 Å². The van der Waals surface area contributed by atoms with Crippen molar-refractivity contribution in [2.45, 2.75) is 26.7 Å². The van der Waals surface area contributed by atoms with Gasteiger partial charge in [-0.25, -0.2) is 4.98 Å². The van der Waals surface area contributed by atoms with Gasteiger partial charge in [-0.3, -0.25) is 14.0 Å². The highest BCUT2D eigenvalue weighted by Crippen LogP contribution is 2.28. The van der Waals surface area contributed by atoms with Gasteiger partial charge < -0.3 is 10.6 Å². The van der Waals surface area contributed by atoms with Crippen LogP contribution in [-0.2, 0) is 4.79 Å². The average molecular weight is 376 g/mol. The van der Waals surface area contributed by atoms with E-state index in [1.807, 2.05) is 65.7 Å². The van der Waals surface area contributed by atoms with Gasteiger partial charge in [0, 0.05) is 30.8 Å². The topological polar surface area (TPSA) is 80.7 Å².